The lowest BCUT2D eigenvalue weighted by Crippen LogP contribution is -2.12. The summed E-state index contributed by atoms with van der Waals surface area (Å²) in [7, 11) is 1.88. The maximum Gasteiger partial charge on any atom is 0.249 e. The second kappa shape index (κ2) is 7.65. The SMILES string of the molecule is CNc1cccc(C)c1COc1cc(-c2ccccc2C(N)=O)ncn1. The van der Waals surface area contributed by atoms with Gasteiger partial charge < -0.3 is 15.8 Å². The van der Waals surface area contributed by atoms with Gasteiger partial charge in [-0.3, -0.25) is 4.79 Å². The molecular weight excluding hydrogens is 328 g/mol. The van der Waals surface area contributed by atoms with Crippen LogP contribution in [0.15, 0.2) is 54.9 Å². The molecule has 2 aromatic carbocycles. The Labute approximate surface area is 152 Å². The van der Waals surface area contributed by atoms with E-state index in [-0.39, 0.29) is 0 Å². The van der Waals surface area contributed by atoms with Crippen LogP contribution in [0.4, 0.5) is 5.69 Å². The van der Waals surface area contributed by atoms with E-state index in [9.17, 15) is 4.79 Å². The second-order valence-corrected chi connectivity index (χ2v) is 5.79. The van der Waals surface area contributed by atoms with Crippen molar-refractivity contribution >= 4 is 11.6 Å². The van der Waals surface area contributed by atoms with Crippen molar-refractivity contribution in [2.75, 3.05) is 12.4 Å². The van der Waals surface area contributed by atoms with Gasteiger partial charge in [0.05, 0.1) is 5.69 Å². The van der Waals surface area contributed by atoms with Crippen molar-refractivity contribution in [2.24, 2.45) is 5.73 Å². The van der Waals surface area contributed by atoms with E-state index in [1.807, 2.05) is 38.2 Å². The van der Waals surface area contributed by atoms with E-state index in [2.05, 4.69) is 15.3 Å². The minimum atomic E-state index is -0.500. The van der Waals surface area contributed by atoms with Crippen LogP contribution < -0.4 is 15.8 Å². The van der Waals surface area contributed by atoms with Crippen molar-refractivity contribution < 1.29 is 9.53 Å². The predicted octanol–water partition coefficient (Wildman–Crippen LogP) is 3.17. The van der Waals surface area contributed by atoms with Gasteiger partial charge in [-0.1, -0.05) is 30.3 Å². The molecule has 0 radical (unpaired) electrons. The molecule has 0 saturated carbocycles. The lowest BCUT2D eigenvalue weighted by Gasteiger charge is -2.13. The highest BCUT2D eigenvalue weighted by molar-refractivity contribution is 5.99. The van der Waals surface area contributed by atoms with Gasteiger partial charge in [0, 0.05) is 35.5 Å². The number of benzene rings is 2. The zero-order valence-electron chi connectivity index (χ0n) is 14.7. The lowest BCUT2D eigenvalue weighted by atomic mass is 10.0. The number of carbonyl (C=O) groups excluding carboxylic acids is 1. The summed E-state index contributed by atoms with van der Waals surface area (Å²) in [5.41, 5.74) is 10.3. The van der Waals surface area contributed by atoms with Crippen LogP contribution in [0, 0.1) is 6.92 Å². The Balaban J connectivity index is 1.87. The van der Waals surface area contributed by atoms with Gasteiger partial charge in [0.1, 0.15) is 12.9 Å². The average molecular weight is 348 g/mol. The maximum absolute atomic E-state index is 11.6. The number of primary amides is 1. The Bertz CT molecular complexity index is 941. The minimum Gasteiger partial charge on any atom is -0.473 e. The van der Waals surface area contributed by atoms with E-state index in [0.717, 1.165) is 16.8 Å². The van der Waals surface area contributed by atoms with Gasteiger partial charge in [0.15, 0.2) is 0 Å². The number of amides is 1. The van der Waals surface area contributed by atoms with Gasteiger partial charge in [0.2, 0.25) is 11.8 Å². The Kier molecular flexibility index (Phi) is 5.12. The highest BCUT2D eigenvalue weighted by Gasteiger charge is 2.12. The number of ether oxygens (including phenoxy) is 1. The Morgan fingerprint density at radius 1 is 1.15 bits per heavy atom. The Morgan fingerprint density at radius 2 is 1.96 bits per heavy atom. The number of carbonyl (C=O) groups is 1. The van der Waals surface area contributed by atoms with Gasteiger partial charge in [-0.15, -0.1) is 0 Å². The van der Waals surface area contributed by atoms with E-state index in [1.165, 1.54) is 6.33 Å². The maximum atomic E-state index is 11.6. The van der Waals surface area contributed by atoms with Crippen molar-refractivity contribution in [1.82, 2.24) is 9.97 Å². The molecule has 0 fully saturated rings. The fraction of sp³-hybridized carbons (Fsp3) is 0.150. The second-order valence-electron chi connectivity index (χ2n) is 5.79. The first kappa shape index (κ1) is 17.4. The van der Waals surface area contributed by atoms with Crippen LogP contribution in [-0.4, -0.2) is 22.9 Å². The summed E-state index contributed by atoms with van der Waals surface area (Å²) in [4.78, 5) is 20.1. The molecule has 0 aliphatic heterocycles. The number of hydrogen-bond acceptors (Lipinski definition) is 5. The first-order valence-corrected chi connectivity index (χ1v) is 8.20. The Morgan fingerprint density at radius 3 is 2.73 bits per heavy atom. The minimum absolute atomic E-state index is 0.372. The molecule has 0 spiro atoms. The van der Waals surface area contributed by atoms with Crippen molar-refractivity contribution in [1.29, 1.82) is 0 Å². The molecule has 26 heavy (non-hydrogen) atoms. The first-order chi connectivity index (χ1) is 12.6. The van der Waals surface area contributed by atoms with Crippen molar-refractivity contribution in [3.8, 4) is 17.1 Å². The normalized spacial score (nSPS) is 10.4. The van der Waals surface area contributed by atoms with E-state index in [4.69, 9.17) is 10.5 Å². The molecule has 132 valence electrons. The first-order valence-electron chi connectivity index (χ1n) is 8.20. The molecule has 1 heterocycles. The average Bonchev–Trinajstić information content (AvgIpc) is 2.67. The molecule has 0 aliphatic carbocycles. The molecule has 6 nitrogen and oxygen atoms in total. The van der Waals surface area contributed by atoms with E-state index >= 15 is 0 Å². The van der Waals surface area contributed by atoms with Crippen LogP contribution in [0.5, 0.6) is 5.88 Å². The van der Waals surface area contributed by atoms with E-state index in [0.29, 0.717) is 29.3 Å². The molecule has 0 saturated heterocycles. The number of aryl methyl sites for hydroxylation is 1. The summed E-state index contributed by atoms with van der Waals surface area (Å²) >= 11 is 0. The molecule has 0 unspecified atom stereocenters. The molecule has 3 aromatic rings. The molecular formula is C20H20N4O2. The third-order valence-electron chi connectivity index (χ3n) is 4.15. The highest BCUT2D eigenvalue weighted by atomic mass is 16.5. The lowest BCUT2D eigenvalue weighted by molar-refractivity contribution is 0.100. The monoisotopic (exact) mass is 348 g/mol. The summed E-state index contributed by atoms with van der Waals surface area (Å²) in [6.45, 7) is 2.41. The zero-order chi connectivity index (χ0) is 18.5. The number of rotatable bonds is 6. The van der Waals surface area contributed by atoms with Gasteiger partial charge in [-0.2, -0.15) is 0 Å². The third-order valence-corrected chi connectivity index (χ3v) is 4.15. The number of nitrogens with one attached hydrogen (secondary N) is 1. The molecule has 3 rings (SSSR count). The molecule has 1 aromatic heterocycles. The van der Waals surface area contributed by atoms with Crippen LogP contribution in [0.1, 0.15) is 21.5 Å². The quantitative estimate of drug-likeness (QED) is 0.714. The Hall–Kier alpha value is -3.41. The molecule has 0 aliphatic rings. The van der Waals surface area contributed by atoms with Crippen molar-refractivity contribution in [3.05, 3.63) is 71.5 Å². The highest BCUT2D eigenvalue weighted by Crippen LogP contribution is 2.25. The van der Waals surface area contributed by atoms with Gasteiger partial charge in [-0.05, 0) is 24.6 Å². The van der Waals surface area contributed by atoms with Crippen molar-refractivity contribution in [2.45, 2.75) is 13.5 Å². The molecule has 3 N–H and O–H groups in total. The largest absolute Gasteiger partial charge is 0.473 e. The summed E-state index contributed by atoms with van der Waals surface area (Å²) in [5.74, 6) is -0.0696. The predicted molar refractivity (Wildman–Crippen MR) is 101 cm³/mol. The van der Waals surface area contributed by atoms with Crippen LogP contribution in [0.2, 0.25) is 0 Å². The van der Waals surface area contributed by atoms with Crippen LogP contribution in [-0.2, 0) is 6.61 Å². The fourth-order valence-electron chi connectivity index (χ4n) is 2.76. The molecule has 0 atom stereocenters. The summed E-state index contributed by atoms with van der Waals surface area (Å²) in [6.07, 6.45) is 1.42. The fourth-order valence-corrected chi connectivity index (χ4v) is 2.76. The summed E-state index contributed by atoms with van der Waals surface area (Å²) in [5, 5.41) is 3.17. The molecule has 0 bridgehead atoms. The molecule has 1 amide bonds. The number of nitrogens with zero attached hydrogens (tertiary/aromatic N) is 2. The van der Waals surface area contributed by atoms with Crippen molar-refractivity contribution in [3.63, 3.8) is 0 Å². The summed E-state index contributed by atoms with van der Waals surface area (Å²) in [6, 6.07) is 14.8. The number of aromatic nitrogens is 2. The van der Waals surface area contributed by atoms with Gasteiger partial charge in [-0.25, -0.2) is 9.97 Å². The number of nitrogens with two attached hydrogens (primary N) is 1. The topological polar surface area (TPSA) is 90.1 Å². The van der Waals surface area contributed by atoms with Crippen LogP contribution in [0.25, 0.3) is 11.3 Å². The van der Waals surface area contributed by atoms with Gasteiger partial charge in [0.25, 0.3) is 0 Å². The smallest absolute Gasteiger partial charge is 0.249 e. The van der Waals surface area contributed by atoms with E-state index < -0.39 is 5.91 Å². The number of anilines is 1. The van der Waals surface area contributed by atoms with Crippen LogP contribution in [0.3, 0.4) is 0 Å². The zero-order valence-corrected chi connectivity index (χ0v) is 14.7. The summed E-state index contributed by atoms with van der Waals surface area (Å²) < 4.78 is 5.87. The number of hydrogen-bond donors (Lipinski definition) is 2. The van der Waals surface area contributed by atoms with Crippen LogP contribution >= 0.6 is 0 Å². The third kappa shape index (κ3) is 3.64. The van der Waals surface area contributed by atoms with E-state index in [1.54, 1.807) is 24.3 Å². The standard InChI is InChI=1S/C20H20N4O2/c1-13-6-5-9-17(22-2)16(13)11-26-19-10-18(23-12-24-19)14-7-3-4-8-15(14)20(21)25/h3-10,12,22H,11H2,1-2H3,(H2,21,25). The molecule has 6 heteroatoms. The van der Waals surface area contributed by atoms with Gasteiger partial charge >= 0.3 is 0 Å².